The number of hydrogen-bond donors (Lipinski definition) is 1. The van der Waals surface area contributed by atoms with Gasteiger partial charge < -0.3 is 9.73 Å². The van der Waals surface area contributed by atoms with Crippen molar-refractivity contribution in [3.63, 3.8) is 0 Å². The van der Waals surface area contributed by atoms with Crippen LogP contribution >= 0.6 is 0 Å². The highest BCUT2D eigenvalue weighted by Crippen LogP contribution is 2.16. The summed E-state index contributed by atoms with van der Waals surface area (Å²) in [5, 5.41) is 2.95. The van der Waals surface area contributed by atoms with E-state index in [1.54, 1.807) is 19.2 Å². The van der Waals surface area contributed by atoms with Gasteiger partial charge in [0.1, 0.15) is 11.5 Å². The quantitative estimate of drug-likeness (QED) is 0.920. The summed E-state index contributed by atoms with van der Waals surface area (Å²) >= 11 is 0. The number of hydrogen-bond acceptors (Lipinski definition) is 3. The molecule has 0 aliphatic carbocycles. The first-order valence-electron chi connectivity index (χ1n) is 6.28. The van der Waals surface area contributed by atoms with E-state index in [0.29, 0.717) is 11.3 Å². The summed E-state index contributed by atoms with van der Waals surface area (Å²) in [4.78, 5) is 16.4. The van der Waals surface area contributed by atoms with Gasteiger partial charge in [0.25, 0.3) is 5.91 Å². The largest absolute Gasteiger partial charge is 0.466 e. The van der Waals surface area contributed by atoms with Gasteiger partial charge in [-0.25, -0.2) is 0 Å². The monoisotopic (exact) mass is 258 g/mol. The number of nitrogens with zero attached hydrogens (tertiary/aromatic N) is 1. The lowest BCUT2D eigenvalue weighted by atomic mass is 10.1. The number of nitrogens with one attached hydrogen (secondary N) is 1. The van der Waals surface area contributed by atoms with Crippen LogP contribution in [0.2, 0.25) is 0 Å². The summed E-state index contributed by atoms with van der Waals surface area (Å²) in [5.41, 5.74) is 2.53. The molecular weight excluding hydrogens is 240 g/mol. The first kappa shape index (κ1) is 13.3. The van der Waals surface area contributed by atoms with Crippen molar-refractivity contribution < 1.29 is 9.21 Å². The Morgan fingerprint density at radius 2 is 2.05 bits per heavy atom. The van der Waals surface area contributed by atoms with E-state index in [4.69, 9.17) is 4.42 Å². The minimum Gasteiger partial charge on any atom is -0.466 e. The van der Waals surface area contributed by atoms with Gasteiger partial charge in [0.2, 0.25) is 0 Å². The van der Waals surface area contributed by atoms with Gasteiger partial charge >= 0.3 is 0 Å². The number of aryl methyl sites for hydroxylation is 3. The summed E-state index contributed by atoms with van der Waals surface area (Å²) in [7, 11) is 0. The number of rotatable bonds is 3. The van der Waals surface area contributed by atoms with Crippen molar-refractivity contribution in [2.75, 3.05) is 0 Å². The zero-order valence-corrected chi connectivity index (χ0v) is 11.7. The van der Waals surface area contributed by atoms with Gasteiger partial charge in [0.05, 0.1) is 11.6 Å². The van der Waals surface area contributed by atoms with Crippen LogP contribution in [0.1, 0.15) is 46.1 Å². The summed E-state index contributed by atoms with van der Waals surface area (Å²) in [6, 6.07) is 5.58. The molecule has 0 saturated heterocycles. The van der Waals surface area contributed by atoms with E-state index in [9.17, 15) is 4.79 Å². The van der Waals surface area contributed by atoms with Crippen LogP contribution in [0.5, 0.6) is 0 Å². The van der Waals surface area contributed by atoms with Gasteiger partial charge in [-0.3, -0.25) is 9.78 Å². The number of aromatic nitrogens is 1. The Labute approximate surface area is 112 Å². The second kappa shape index (κ2) is 5.26. The number of carbonyl (C=O) groups is 1. The Morgan fingerprint density at radius 3 is 2.58 bits per heavy atom. The number of pyridine rings is 1. The Hall–Kier alpha value is -2.10. The molecule has 0 radical (unpaired) electrons. The van der Waals surface area contributed by atoms with Gasteiger partial charge in [-0.1, -0.05) is 6.07 Å². The smallest absolute Gasteiger partial charge is 0.255 e. The second-order valence-corrected chi connectivity index (χ2v) is 4.75. The van der Waals surface area contributed by atoms with Crippen LogP contribution in [0, 0.1) is 20.8 Å². The summed E-state index contributed by atoms with van der Waals surface area (Å²) in [6.07, 6.45) is 1.79. The Kier molecular flexibility index (Phi) is 3.69. The average molecular weight is 258 g/mol. The van der Waals surface area contributed by atoms with Crippen molar-refractivity contribution in [2.24, 2.45) is 0 Å². The van der Waals surface area contributed by atoms with E-state index >= 15 is 0 Å². The zero-order chi connectivity index (χ0) is 14.0. The highest BCUT2D eigenvalue weighted by molar-refractivity contribution is 5.95. The molecule has 0 spiro atoms. The summed E-state index contributed by atoms with van der Waals surface area (Å²) in [5.74, 6) is 1.26. The standard InChI is InChI=1S/C15H18N2O2/c1-9-5-6-13(8-16-9)11(3)17-15(18)14-7-10(2)19-12(14)4/h5-8,11H,1-4H3,(H,17,18). The average Bonchev–Trinajstić information content (AvgIpc) is 2.69. The molecule has 1 unspecified atom stereocenters. The number of carbonyl (C=O) groups excluding carboxylic acids is 1. The molecule has 100 valence electrons. The fourth-order valence-electron chi connectivity index (χ4n) is 1.95. The van der Waals surface area contributed by atoms with Crippen LogP contribution < -0.4 is 5.32 Å². The fourth-order valence-corrected chi connectivity index (χ4v) is 1.95. The Morgan fingerprint density at radius 1 is 1.32 bits per heavy atom. The lowest BCUT2D eigenvalue weighted by molar-refractivity contribution is 0.0938. The highest BCUT2D eigenvalue weighted by atomic mass is 16.3. The molecule has 4 nitrogen and oxygen atoms in total. The van der Waals surface area contributed by atoms with E-state index in [0.717, 1.165) is 17.0 Å². The predicted octanol–water partition coefficient (Wildman–Crippen LogP) is 3.09. The summed E-state index contributed by atoms with van der Waals surface area (Å²) < 4.78 is 5.37. The predicted molar refractivity (Wildman–Crippen MR) is 73.0 cm³/mol. The van der Waals surface area contributed by atoms with Crippen LogP contribution in [0.15, 0.2) is 28.8 Å². The molecule has 1 amide bonds. The van der Waals surface area contributed by atoms with Crippen LogP contribution in [-0.4, -0.2) is 10.9 Å². The molecule has 1 N–H and O–H groups in total. The van der Waals surface area contributed by atoms with E-state index in [1.165, 1.54) is 0 Å². The highest BCUT2D eigenvalue weighted by Gasteiger charge is 2.16. The fraction of sp³-hybridized carbons (Fsp3) is 0.333. The summed E-state index contributed by atoms with van der Waals surface area (Å²) in [6.45, 7) is 7.49. The minimum absolute atomic E-state index is 0.0878. The maximum absolute atomic E-state index is 12.1. The van der Waals surface area contributed by atoms with Crippen molar-refractivity contribution in [2.45, 2.75) is 33.7 Å². The molecule has 19 heavy (non-hydrogen) atoms. The van der Waals surface area contributed by atoms with Crippen LogP contribution in [0.25, 0.3) is 0 Å². The molecule has 1 atom stereocenters. The lowest BCUT2D eigenvalue weighted by Gasteiger charge is -2.13. The van der Waals surface area contributed by atoms with Gasteiger partial charge in [0, 0.05) is 11.9 Å². The van der Waals surface area contributed by atoms with E-state index in [1.807, 2.05) is 32.9 Å². The Balaban J connectivity index is 2.10. The third-order valence-corrected chi connectivity index (χ3v) is 3.07. The van der Waals surface area contributed by atoms with Gasteiger partial charge in [-0.05, 0) is 45.4 Å². The molecule has 2 rings (SSSR count). The van der Waals surface area contributed by atoms with E-state index in [2.05, 4.69) is 10.3 Å². The molecule has 0 saturated carbocycles. The SMILES string of the molecule is Cc1ccc(C(C)NC(=O)c2cc(C)oc2C)cn1. The first-order chi connectivity index (χ1) is 8.97. The molecule has 2 aromatic rings. The van der Waals surface area contributed by atoms with Crippen LogP contribution in [-0.2, 0) is 0 Å². The van der Waals surface area contributed by atoms with E-state index in [-0.39, 0.29) is 11.9 Å². The van der Waals surface area contributed by atoms with Crippen LogP contribution in [0.3, 0.4) is 0 Å². The van der Waals surface area contributed by atoms with E-state index < -0.39 is 0 Å². The maximum atomic E-state index is 12.1. The molecule has 4 heteroatoms. The van der Waals surface area contributed by atoms with Crippen LogP contribution in [0.4, 0.5) is 0 Å². The zero-order valence-electron chi connectivity index (χ0n) is 11.7. The molecule has 2 heterocycles. The maximum Gasteiger partial charge on any atom is 0.255 e. The van der Waals surface area contributed by atoms with Gasteiger partial charge in [-0.2, -0.15) is 0 Å². The van der Waals surface area contributed by atoms with Crippen molar-refractivity contribution >= 4 is 5.91 Å². The molecule has 0 aliphatic heterocycles. The second-order valence-electron chi connectivity index (χ2n) is 4.75. The van der Waals surface area contributed by atoms with Gasteiger partial charge in [0.15, 0.2) is 0 Å². The van der Waals surface area contributed by atoms with Crippen molar-refractivity contribution in [3.8, 4) is 0 Å². The normalized spacial score (nSPS) is 12.2. The van der Waals surface area contributed by atoms with Gasteiger partial charge in [-0.15, -0.1) is 0 Å². The molecule has 0 aromatic carbocycles. The molecular formula is C15H18N2O2. The Bertz CT molecular complexity index is 585. The van der Waals surface area contributed by atoms with Crippen molar-refractivity contribution in [1.82, 2.24) is 10.3 Å². The number of furan rings is 1. The molecule has 0 fully saturated rings. The molecule has 2 aromatic heterocycles. The lowest BCUT2D eigenvalue weighted by Crippen LogP contribution is -2.26. The van der Waals surface area contributed by atoms with Crippen molar-refractivity contribution in [1.29, 1.82) is 0 Å². The first-order valence-corrected chi connectivity index (χ1v) is 6.28. The molecule has 0 bridgehead atoms. The minimum atomic E-state index is -0.123. The third kappa shape index (κ3) is 3.02. The van der Waals surface area contributed by atoms with Crippen molar-refractivity contribution in [3.05, 3.63) is 52.7 Å². The molecule has 0 aliphatic rings. The third-order valence-electron chi connectivity index (χ3n) is 3.07. The topological polar surface area (TPSA) is 55.1 Å². The number of amides is 1.